The first kappa shape index (κ1) is 17.9. The molecule has 9 nitrogen and oxygen atoms in total. The molecule has 0 spiro atoms. The molecule has 0 saturated carbocycles. The number of hydrogen-bond acceptors (Lipinski definition) is 8. The summed E-state index contributed by atoms with van der Waals surface area (Å²) in [7, 11) is 1.62. The quantitative estimate of drug-likeness (QED) is 0.562. The Kier molecular flexibility index (Phi) is 4.13. The van der Waals surface area contributed by atoms with Crippen LogP contribution in [-0.4, -0.2) is 49.2 Å². The SMILES string of the molecule is COc1cccc2c1nc(N)n1nc(C[C@H](C)N3CCc4nc(C)oc4C3)nc21. The molecule has 1 aliphatic heterocycles. The van der Waals surface area contributed by atoms with E-state index in [-0.39, 0.29) is 6.04 Å². The van der Waals surface area contributed by atoms with Crippen molar-refractivity contribution >= 4 is 22.5 Å². The smallest absolute Gasteiger partial charge is 0.223 e. The van der Waals surface area contributed by atoms with Gasteiger partial charge in [-0.15, -0.1) is 5.10 Å². The minimum absolute atomic E-state index is 0.251. The summed E-state index contributed by atoms with van der Waals surface area (Å²) in [6.07, 6.45) is 1.60. The van der Waals surface area contributed by atoms with Gasteiger partial charge in [-0.1, -0.05) is 6.07 Å². The summed E-state index contributed by atoms with van der Waals surface area (Å²) in [5.41, 5.74) is 8.62. The van der Waals surface area contributed by atoms with Crippen molar-refractivity contribution in [2.75, 3.05) is 19.4 Å². The average Bonchev–Trinajstić information content (AvgIpc) is 3.30. The molecule has 0 amide bonds. The molecule has 5 rings (SSSR count). The second-order valence-corrected chi connectivity index (χ2v) is 7.47. The minimum Gasteiger partial charge on any atom is -0.494 e. The lowest BCUT2D eigenvalue weighted by molar-refractivity contribution is 0.170. The molecule has 0 unspecified atom stereocenters. The van der Waals surface area contributed by atoms with Crippen molar-refractivity contribution in [2.24, 2.45) is 0 Å². The van der Waals surface area contributed by atoms with Gasteiger partial charge in [0.2, 0.25) is 5.95 Å². The van der Waals surface area contributed by atoms with Gasteiger partial charge in [0.05, 0.1) is 19.3 Å². The number of ether oxygens (including phenoxy) is 1. The van der Waals surface area contributed by atoms with Crippen LogP contribution in [0, 0.1) is 6.92 Å². The number of nitrogens with zero attached hydrogens (tertiary/aromatic N) is 6. The van der Waals surface area contributed by atoms with Crippen LogP contribution in [-0.2, 0) is 19.4 Å². The lowest BCUT2D eigenvalue weighted by atomic mass is 10.1. The zero-order valence-corrected chi connectivity index (χ0v) is 16.7. The number of para-hydroxylation sites is 1. The van der Waals surface area contributed by atoms with Gasteiger partial charge in [-0.05, 0) is 19.1 Å². The summed E-state index contributed by atoms with van der Waals surface area (Å²) < 4.78 is 12.8. The molecular formula is C20H23N7O2. The van der Waals surface area contributed by atoms with Crippen LogP contribution >= 0.6 is 0 Å². The number of aryl methyl sites for hydroxylation is 1. The molecule has 0 bridgehead atoms. The first-order valence-corrected chi connectivity index (χ1v) is 9.70. The number of anilines is 1. The molecular weight excluding hydrogens is 370 g/mol. The van der Waals surface area contributed by atoms with E-state index in [4.69, 9.17) is 19.9 Å². The second kappa shape index (κ2) is 6.70. The summed E-state index contributed by atoms with van der Waals surface area (Å²) in [6, 6.07) is 5.99. The Bertz CT molecular complexity index is 1210. The molecule has 1 aromatic carbocycles. The van der Waals surface area contributed by atoms with E-state index in [0.717, 1.165) is 48.1 Å². The highest BCUT2D eigenvalue weighted by Crippen LogP contribution is 2.28. The predicted molar refractivity (Wildman–Crippen MR) is 108 cm³/mol. The molecule has 0 fully saturated rings. The number of nitrogens with two attached hydrogens (primary N) is 1. The molecule has 1 aliphatic rings. The zero-order chi connectivity index (χ0) is 20.1. The summed E-state index contributed by atoms with van der Waals surface area (Å²) >= 11 is 0. The van der Waals surface area contributed by atoms with E-state index in [9.17, 15) is 0 Å². The monoisotopic (exact) mass is 393 g/mol. The molecule has 2 N–H and O–H groups in total. The van der Waals surface area contributed by atoms with Gasteiger partial charge in [-0.25, -0.2) is 15.0 Å². The van der Waals surface area contributed by atoms with Crippen molar-refractivity contribution in [3.05, 3.63) is 41.4 Å². The van der Waals surface area contributed by atoms with Crippen LogP contribution in [0.25, 0.3) is 16.6 Å². The Morgan fingerprint density at radius 1 is 1.28 bits per heavy atom. The highest BCUT2D eigenvalue weighted by Gasteiger charge is 2.26. The van der Waals surface area contributed by atoms with Crippen LogP contribution in [0.1, 0.15) is 30.1 Å². The Morgan fingerprint density at radius 3 is 2.97 bits per heavy atom. The lowest BCUT2D eigenvalue weighted by Crippen LogP contribution is -2.38. The number of benzene rings is 1. The number of methoxy groups -OCH3 is 1. The second-order valence-electron chi connectivity index (χ2n) is 7.47. The van der Waals surface area contributed by atoms with Crippen LogP contribution < -0.4 is 10.5 Å². The highest BCUT2D eigenvalue weighted by atomic mass is 16.5. The maximum absolute atomic E-state index is 6.15. The van der Waals surface area contributed by atoms with Crippen molar-refractivity contribution in [3.63, 3.8) is 0 Å². The van der Waals surface area contributed by atoms with Crippen LogP contribution in [0.5, 0.6) is 5.75 Å². The largest absolute Gasteiger partial charge is 0.494 e. The Balaban J connectivity index is 1.45. The first-order valence-electron chi connectivity index (χ1n) is 9.70. The zero-order valence-electron chi connectivity index (χ0n) is 16.7. The third kappa shape index (κ3) is 2.98. The Labute approximate surface area is 167 Å². The van der Waals surface area contributed by atoms with E-state index in [1.54, 1.807) is 11.6 Å². The van der Waals surface area contributed by atoms with Gasteiger partial charge in [0.25, 0.3) is 0 Å². The van der Waals surface area contributed by atoms with Gasteiger partial charge in [-0.3, -0.25) is 4.90 Å². The van der Waals surface area contributed by atoms with E-state index in [1.807, 2.05) is 25.1 Å². The summed E-state index contributed by atoms with van der Waals surface area (Å²) in [5.74, 6) is 3.40. The molecule has 3 aromatic heterocycles. The predicted octanol–water partition coefficient (Wildman–Crippen LogP) is 2.15. The van der Waals surface area contributed by atoms with Gasteiger partial charge >= 0.3 is 0 Å². The molecule has 1 atom stereocenters. The summed E-state index contributed by atoms with van der Waals surface area (Å²) in [5, 5.41) is 5.48. The van der Waals surface area contributed by atoms with Gasteiger partial charge in [0.1, 0.15) is 17.0 Å². The fraction of sp³-hybridized carbons (Fsp3) is 0.400. The van der Waals surface area contributed by atoms with Crippen molar-refractivity contribution in [2.45, 2.75) is 39.3 Å². The van der Waals surface area contributed by atoms with Crippen LogP contribution in [0.15, 0.2) is 22.6 Å². The van der Waals surface area contributed by atoms with Gasteiger partial charge in [0.15, 0.2) is 17.4 Å². The van der Waals surface area contributed by atoms with E-state index in [1.165, 1.54) is 0 Å². The number of oxazole rings is 1. The number of hydrogen-bond donors (Lipinski definition) is 1. The minimum atomic E-state index is 0.251. The standard InChI is InChI=1S/C20H23N7O2/c1-11(26-8-7-14-16(10-26)29-12(2)22-14)9-17-23-19-13-5-4-6-15(28-3)18(13)24-20(21)27(19)25-17/h4-6,11H,7-10H2,1-3H3,(H2,21,24)/t11-/m0/s1. The molecule has 0 aliphatic carbocycles. The Morgan fingerprint density at radius 2 is 2.14 bits per heavy atom. The highest BCUT2D eigenvalue weighted by molar-refractivity contribution is 5.95. The lowest BCUT2D eigenvalue weighted by Gasteiger charge is -2.30. The van der Waals surface area contributed by atoms with Crippen molar-refractivity contribution in [1.82, 2.24) is 29.5 Å². The van der Waals surface area contributed by atoms with Gasteiger partial charge in [-0.2, -0.15) is 4.52 Å². The fourth-order valence-electron chi connectivity index (χ4n) is 4.03. The van der Waals surface area contributed by atoms with Crippen molar-refractivity contribution < 1.29 is 9.15 Å². The maximum atomic E-state index is 6.15. The number of fused-ring (bicyclic) bond motifs is 4. The molecule has 29 heavy (non-hydrogen) atoms. The maximum Gasteiger partial charge on any atom is 0.223 e. The average molecular weight is 393 g/mol. The molecule has 4 aromatic rings. The fourth-order valence-corrected chi connectivity index (χ4v) is 4.03. The molecule has 9 heteroatoms. The number of nitrogen functional groups attached to an aromatic ring is 1. The van der Waals surface area contributed by atoms with Crippen LogP contribution in [0.4, 0.5) is 5.95 Å². The Hall–Kier alpha value is -3.20. The summed E-state index contributed by atoms with van der Waals surface area (Å²) in [4.78, 5) is 16.1. The van der Waals surface area contributed by atoms with E-state index in [0.29, 0.717) is 29.3 Å². The van der Waals surface area contributed by atoms with Crippen molar-refractivity contribution in [3.8, 4) is 5.75 Å². The van der Waals surface area contributed by atoms with Crippen LogP contribution in [0.3, 0.4) is 0 Å². The van der Waals surface area contributed by atoms with E-state index < -0.39 is 0 Å². The van der Waals surface area contributed by atoms with Crippen molar-refractivity contribution in [1.29, 1.82) is 0 Å². The molecule has 0 saturated heterocycles. The topological polar surface area (TPSA) is 108 Å². The van der Waals surface area contributed by atoms with Crippen LogP contribution in [0.2, 0.25) is 0 Å². The molecule has 0 radical (unpaired) electrons. The van der Waals surface area contributed by atoms with Gasteiger partial charge < -0.3 is 14.9 Å². The normalized spacial score (nSPS) is 15.7. The molecule has 4 heterocycles. The first-order chi connectivity index (χ1) is 14.0. The number of aromatic nitrogens is 5. The third-order valence-corrected chi connectivity index (χ3v) is 5.52. The van der Waals surface area contributed by atoms with Gasteiger partial charge in [0, 0.05) is 37.7 Å². The molecule has 150 valence electrons. The van der Waals surface area contributed by atoms with E-state index >= 15 is 0 Å². The number of rotatable bonds is 4. The summed E-state index contributed by atoms with van der Waals surface area (Å²) in [6.45, 7) is 5.78. The third-order valence-electron chi connectivity index (χ3n) is 5.52. The van der Waals surface area contributed by atoms with E-state index in [2.05, 4.69) is 26.9 Å².